The molecular formula is C20H26NO. The maximum Gasteiger partial charge on any atom is 0.228 e. The highest BCUT2D eigenvalue weighted by Crippen LogP contribution is 2.19. The summed E-state index contributed by atoms with van der Waals surface area (Å²) >= 11 is 0. The van der Waals surface area contributed by atoms with Crippen LogP contribution in [0.2, 0.25) is 0 Å². The average Bonchev–Trinajstić information content (AvgIpc) is 2.54. The van der Waals surface area contributed by atoms with Gasteiger partial charge < -0.3 is 5.32 Å². The van der Waals surface area contributed by atoms with E-state index in [2.05, 4.69) is 30.4 Å². The largest absolute Gasteiger partial charge is 0.356 e. The third-order valence-corrected chi connectivity index (χ3v) is 3.94. The molecule has 1 amide bonds. The summed E-state index contributed by atoms with van der Waals surface area (Å²) in [4.78, 5) is 12.0. The van der Waals surface area contributed by atoms with E-state index in [0.29, 0.717) is 0 Å². The fourth-order valence-electron chi connectivity index (χ4n) is 2.69. The Balaban J connectivity index is 1.75. The van der Waals surface area contributed by atoms with E-state index in [-0.39, 0.29) is 5.91 Å². The van der Waals surface area contributed by atoms with Gasteiger partial charge >= 0.3 is 0 Å². The number of nitrogens with one attached hydrogen (secondary N) is 1. The van der Waals surface area contributed by atoms with Crippen molar-refractivity contribution in [2.75, 3.05) is 6.54 Å². The summed E-state index contributed by atoms with van der Waals surface area (Å²) in [7, 11) is 0. The van der Waals surface area contributed by atoms with Crippen molar-refractivity contribution in [1.82, 2.24) is 5.32 Å². The molecule has 0 unspecified atom stereocenters. The second kappa shape index (κ2) is 9.24. The van der Waals surface area contributed by atoms with E-state index in [1.165, 1.54) is 37.5 Å². The van der Waals surface area contributed by atoms with Gasteiger partial charge in [0, 0.05) is 6.54 Å². The molecule has 0 atom stereocenters. The van der Waals surface area contributed by atoms with Gasteiger partial charge in [0.15, 0.2) is 0 Å². The molecule has 2 rings (SSSR count). The minimum Gasteiger partial charge on any atom is -0.356 e. The molecule has 22 heavy (non-hydrogen) atoms. The Kier molecular flexibility index (Phi) is 6.95. The summed E-state index contributed by atoms with van der Waals surface area (Å²) in [5.74, 6) is 0.00455. The number of fused-ring (bicyclic) bond motifs is 1. The van der Waals surface area contributed by atoms with Crippen LogP contribution in [-0.2, 0) is 4.79 Å². The van der Waals surface area contributed by atoms with Gasteiger partial charge in [0.25, 0.3) is 0 Å². The van der Waals surface area contributed by atoms with Crippen LogP contribution in [0.4, 0.5) is 0 Å². The Morgan fingerprint density at radius 1 is 0.955 bits per heavy atom. The summed E-state index contributed by atoms with van der Waals surface area (Å²) < 4.78 is 0. The van der Waals surface area contributed by atoms with Crippen molar-refractivity contribution in [3.05, 3.63) is 54.4 Å². The van der Waals surface area contributed by atoms with Gasteiger partial charge in [-0.3, -0.25) is 4.79 Å². The Hall–Kier alpha value is -1.83. The lowest BCUT2D eigenvalue weighted by Crippen LogP contribution is -2.24. The molecule has 0 aliphatic heterocycles. The predicted octanol–water partition coefficient (Wildman–Crippen LogP) is 4.87. The lowest BCUT2D eigenvalue weighted by Gasteiger charge is -2.07. The van der Waals surface area contributed by atoms with Crippen molar-refractivity contribution in [3.8, 4) is 0 Å². The first kappa shape index (κ1) is 16.5. The summed E-state index contributed by atoms with van der Waals surface area (Å²) in [5.41, 5.74) is 0.985. The number of benzene rings is 2. The SMILES string of the molecule is CCCCCCCCNC(=O)[CH]c1cccc2ccccc12. The molecule has 0 bridgehead atoms. The van der Waals surface area contributed by atoms with Crippen molar-refractivity contribution in [3.63, 3.8) is 0 Å². The van der Waals surface area contributed by atoms with Crippen molar-refractivity contribution < 1.29 is 4.79 Å². The van der Waals surface area contributed by atoms with E-state index in [0.717, 1.165) is 23.9 Å². The van der Waals surface area contributed by atoms with Gasteiger partial charge in [-0.1, -0.05) is 81.5 Å². The minimum atomic E-state index is 0.00455. The van der Waals surface area contributed by atoms with Crippen LogP contribution in [0.5, 0.6) is 0 Å². The summed E-state index contributed by atoms with van der Waals surface area (Å²) in [5, 5.41) is 5.28. The lowest BCUT2D eigenvalue weighted by molar-refractivity contribution is -0.117. The van der Waals surface area contributed by atoms with E-state index >= 15 is 0 Å². The summed E-state index contributed by atoms with van der Waals surface area (Å²) in [6.07, 6.45) is 9.16. The molecule has 0 aliphatic rings. The molecule has 0 saturated carbocycles. The number of hydrogen-bond donors (Lipinski definition) is 1. The fourth-order valence-corrected chi connectivity index (χ4v) is 2.69. The Labute approximate surface area is 133 Å². The zero-order chi connectivity index (χ0) is 15.6. The van der Waals surface area contributed by atoms with Gasteiger partial charge in [0.1, 0.15) is 0 Å². The molecule has 0 aromatic heterocycles. The van der Waals surface area contributed by atoms with Gasteiger partial charge in [-0.05, 0) is 22.8 Å². The smallest absolute Gasteiger partial charge is 0.228 e. The van der Waals surface area contributed by atoms with Crippen molar-refractivity contribution in [2.45, 2.75) is 45.4 Å². The van der Waals surface area contributed by atoms with Crippen LogP contribution in [0.15, 0.2) is 42.5 Å². The highest BCUT2D eigenvalue weighted by Gasteiger charge is 2.06. The van der Waals surface area contributed by atoms with Crippen LogP contribution in [0, 0.1) is 6.42 Å². The Bertz CT molecular complexity index is 586. The van der Waals surface area contributed by atoms with Crippen molar-refractivity contribution in [2.24, 2.45) is 0 Å². The molecule has 2 aromatic carbocycles. The number of carbonyl (C=O) groups is 1. The maximum atomic E-state index is 12.0. The van der Waals surface area contributed by atoms with Crippen LogP contribution in [0.25, 0.3) is 10.8 Å². The predicted molar refractivity (Wildman–Crippen MR) is 93.7 cm³/mol. The molecule has 0 fully saturated rings. The molecule has 0 saturated heterocycles. The normalized spacial score (nSPS) is 10.8. The van der Waals surface area contributed by atoms with Gasteiger partial charge in [0.2, 0.25) is 5.91 Å². The van der Waals surface area contributed by atoms with Crippen LogP contribution in [0.1, 0.15) is 51.0 Å². The molecule has 0 aliphatic carbocycles. The standard InChI is InChI=1S/C20H26NO/c1-2-3-4-5-6-9-15-21-20(22)16-18-13-10-12-17-11-7-8-14-19(17)18/h7-8,10-14,16H,2-6,9,15H2,1H3,(H,21,22). The molecule has 2 nitrogen and oxygen atoms in total. The Morgan fingerprint density at radius 3 is 2.55 bits per heavy atom. The highest BCUT2D eigenvalue weighted by molar-refractivity contribution is 5.96. The molecular weight excluding hydrogens is 270 g/mol. The van der Waals surface area contributed by atoms with E-state index in [4.69, 9.17) is 0 Å². The molecule has 1 radical (unpaired) electrons. The van der Waals surface area contributed by atoms with Crippen LogP contribution in [0.3, 0.4) is 0 Å². The van der Waals surface area contributed by atoms with Gasteiger partial charge in [-0.25, -0.2) is 0 Å². The number of unbranched alkanes of at least 4 members (excludes halogenated alkanes) is 5. The van der Waals surface area contributed by atoms with E-state index in [9.17, 15) is 4.79 Å². The van der Waals surface area contributed by atoms with E-state index in [1.54, 1.807) is 6.42 Å². The lowest BCUT2D eigenvalue weighted by atomic mass is 10.0. The fraction of sp³-hybridized carbons (Fsp3) is 0.400. The van der Waals surface area contributed by atoms with Crippen LogP contribution in [-0.4, -0.2) is 12.5 Å². The quantitative estimate of drug-likeness (QED) is 0.657. The third-order valence-electron chi connectivity index (χ3n) is 3.94. The van der Waals surface area contributed by atoms with Crippen LogP contribution < -0.4 is 5.32 Å². The number of rotatable bonds is 9. The van der Waals surface area contributed by atoms with E-state index in [1.807, 2.05) is 24.3 Å². The second-order valence-corrected chi connectivity index (χ2v) is 5.77. The van der Waals surface area contributed by atoms with Gasteiger partial charge in [-0.2, -0.15) is 0 Å². The third kappa shape index (κ3) is 5.18. The van der Waals surface area contributed by atoms with Gasteiger partial charge in [0.05, 0.1) is 6.42 Å². The molecule has 2 aromatic rings. The average molecular weight is 296 g/mol. The number of hydrogen-bond acceptors (Lipinski definition) is 1. The molecule has 0 spiro atoms. The molecule has 2 heteroatoms. The zero-order valence-electron chi connectivity index (χ0n) is 13.5. The van der Waals surface area contributed by atoms with E-state index < -0.39 is 0 Å². The summed E-state index contributed by atoms with van der Waals surface area (Å²) in [6, 6.07) is 14.2. The molecule has 117 valence electrons. The van der Waals surface area contributed by atoms with Crippen LogP contribution >= 0.6 is 0 Å². The monoisotopic (exact) mass is 296 g/mol. The second-order valence-electron chi connectivity index (χ2n) is 5.77. The molecule has 1 N–H and O–H groups in total. The summed E-state index contributed by atoms with van der Waals surface area (Å²) in [6.45, 7) is 3.00. The number of amides is 1. The Morgan fingerprint density at radius 2 is 1.68 bits per heavy atom. The van der Waals surface area contributed by atoms with Crippen molar-refractivity contribution >= 4 is 16.7 Å². The maximum absolute atomic E-state index is 12.0. The first-order valence-corrected chi connectivity index (χ1v) is 8.41. The number of carbonyl (C=O) groups excluding carboxylic acids is 1. The highest BCUT2D eigenvalue weighted by atomic mass is 16.1. The first-order chi connectivity index (χ1) is 10.8. The van der Waals surface area contributed by atoms with Gasteiger partial charge in [-0.15, -0.1) is 0 Å². The zero-order valence-corrected chi connectivity index (χ0v) is 13.5. The topological polar surface area (TPSA) is 29.1 Å². The minimum absolute atomic E-state index is 0.00455. The van der Waals surface area contributed by atoms with Crippen molar-refractivity contribution in [1.29, 1.82) is 0 Å². The molecule has 0 heterocycles. The first-order valence-electron chi connectivity index (χ1n) is 8.41.